The molecule has 11 heavy (non-hydrogen) atoms. The average Bonchev–Trinajstić information content (AvgIpc) is 2.36. The van der Waals surface area contributed by atoms with Gasteiger partial charge in [0.05, 0.1) is 6.20 Å². The Bertz CT molecular complexity index is 217. The first-order valence-electron chi connectivity index (χ1n) is 3.98. The fraction of sp³-hybridized carbons (Fsp3) is 0.625. The molecule has 0 saturated heterocycles. The van der Waals surface area contributed by atoms with Crippen LogP contribution in [0.1, 0.15) is 31.4 Å². The van der Waals surface area contributed by atoms with Crippen LogP contribution >= 0.6 is 0 Å². The Morgan fingerprint density at radius 1 is 1.73 bits per heavy atom. The van der Waals surface area contributed by atoms with E-state index in [0.29, 0.717) is 0 Å². The van der Waals surface area contributed by atoms with E-state index >= 15 is 0 Å². The second-order valence-electron chi connectivity index (χ2n) is 2.84. The van der Waals surface area contributed by atoms with Crippen LogP contribution in [0.5, 0.6) is 0 Å². The van der Waals surface area contributed by atoms with Crippen molar-refractivity contribution in [2.24, 2.45) is 12.8 Å². The largest absolute Gasteiger partial charge is 0.324 e. The molecule has 0 spiro atoms. The second kappa shape index (κ2) is 3.53. The number of aryl methyl sites for hydroxylation is 1. The maximum absolute atomic E-state index is 5.87. The maximum Gasteiger partial charge on any atom is 0.0537 e. The molecule has 1 aromatic heterocycles. The molecule has 62 valence electrons. The summed E-state index contributed by atoms with van der Waals surface area (Å²) in [6.45, 7) is 2.14. The molecular formula is C8H15N3. The number of hydrogen-bond donors (Lipinski definition) is 1. The van der Waals surface area contributed by atoms with Crippen molar-refractivity contribution in [2.75, 3.05) is 0 Å². The Hall–Kier alpha value is -0.830. The Kier molecular flexibility index (Phi) is 2.65. The summed E-state index contributed by atoms with van der Waals surface area (Å²) in [6.07, 6.45) is 5.96. The van der Waals surface area contributed by atoms with Gasteiger partial charge in [0.1, 0.15) is 0 Å². The van der Waals surface area contributed by atoms with Crippen molar-refractivity contribution in [1.29, 1.82) is 0 Å². The monoisotopic (exact) mass is 153 g/mol. The summed E-state index contributed by atoms with van der Waals surface area (Å²) in [5, 5.41) is 4.06. The number of nitrogens with zero attached hydrogens (tertiary/aromatic N) is 2. The molecule has 0 saturated carbocycles. The molecule has 1 aromatic rings. The first-order chi connectivity index (χ1) is 5.24. The van der Waals surface area contributed by atoms with Gasteiger partial charge >= 0.3 is 0 Å². The van der Waals surface area contributed by atoms with Gasteiger partial charge in [-0.1, -0.05) is 13.3 Å². The number of nitrogens with two attached hydrogens (primary N) is 1. The van der Waals surface area contributed by atoms with Crippen LogP contribution in [0.2, 0.25) is 0 Å². The highest BCUT2D eigenvalue weighted by Gasteiger charge is 2.05. The van der Waals surface area contributed by atoms with Crippen LogP contribution in [0.3, 0.4) is 0 Å². The van der Waals surface area contributed by atoms with Crippen LogP contribution in [0, 0.1) is 0 Å². The summed E-state index contributed by atoms with van der Waals surface area (Å²) >= 11 is 0. The lowest BCUT2D eigenvalue weighted by Gasteiger charge is -2.05. The molecule has 0 bridgehead atoms. The van der Waals surface area contributed by atoms with Crippen molar-refractivity contribution in [2.45, 2.75) is 25.8 Å². The van der Waals surface area contributed by atoms with Gasteiger partial charge in [-0.05, 0) is 6.42 Å². The van der Waals surface area contributed by atoms with Gasteiger partial charge in [-0.3, -0.25) is 4.68 Å². The third kappa shape index (κ3) is 2.05. The topological polar surface area (TPSA) is 43.8 Å². The van der Waals surface area contributed by atoms with Gasteiger partial charge in [-0.15, -0.1) is 0 Å². The van der Waals surface area contributed by atoms with Crippen LogP contribution in [0.15, 0.2) is 12.4 Å². The van der Waals surface area contributed by atoms with Crippen molar-refractivity contribution in [3.05, 3.63) is 18.0 Å². The van der Waals surface area contributed by atoms with Crippen molar-refractivity contribution >= 4 is 0 Å². The van der Waals surface area contributed by atoms with E-state index in [2.05, 4.69) is 12.0 Å². The third-order valence-corrected chi connectivity index (χ3v) is 1.75. The third-order valence-electron chi connectivity index (χ3n) is 1.75. The van der Waals surface area contributed by atoms with E-state index in [-0.39, 0.29) is 6.04 Å². The molecule has 0 aromatic carbocycles. The zero-order valence-corrected chi connectivity index (χ0v) is 7.12. The SMILES string of the molecule is CCC[C@@H](N)c1cnn(C)c1. The Morgan fingerprint density at radius 2 is 2.45 bits per heavy atom. The molecule has 0 aliphatic rings. The summed E-state index contributed by atoms with van der Waals surface area (Å²) in [6, 6.07) is 0.161. The van der Waals surface area contributed by atoms with Crippen LogP contribution in [-0.4, -0.2) is 9.78 Å². The first kappa shape index (κ1) is 8.27. The quantitative estimate of drug-likeness (QED) is 0.709. The standard InChI is InChI=1S/C8H15N3/c1-3-4-8(9)7-5-10-11(2)6-7/h5-6,8H,3-4,9H2,1-2H3/t8-/m1/s1. The molecular weight excluding hydrogens is 138 g/mol. The first-order valence-corrected chi connectivity index (χ1v) is 3.98. The van der Waals surface area contributed by atoms with Gasteiger partial charge in [-0.2, -0.15) is 5.10 Å². The maximum atomic E-state index is 5.87. The minimum atomic E-state index is 0.161. The van der Waals surface area contributed by atoms with Crippen molar-refractivity contribution in [1.82, 2.24) is 9.78 Å². The van der Waals surface area contributed by atoms with Crippen molar-refractivity contribution < 1.29 is 0 Å². The highest BCUT2D eigenvalue weighted by atomic mass is 15.2. The molecule has 0 fully saturated rings. The Morgan fingerprint density at radius 3 is 2.91 bits per heavy atom. The molecule has 0 amide bonds. The van der Waals surface area contributed by atoms with Crippen molar-refractivity contribution in [3.8, 4) is 0 Å². The lowest BCUT2D eigenvalue weighted by molar-refractivity contribution is 0.637. The second-order valence-corrected chi connectivity index (χ2v) is 2.84. The number of aromatic nitrogens is 2. The number of hydrogen-bond acceptors (Lipinski definition) is 2. The number of rotatable bonds is 3. The molecule has 3 heteroatoms. The molecule has 1 heterocycles. The molecule has 0 aliphatic heterocycles. The van der Waals surface area contributed by atoms with Crippen LogP contribution in [-0.2, 0) is 7.05 Å². The summed E-state index contributed by atoms with van der Waals surface area (Å²) in [4.78, 5) is 0. The van der Waals surface area contributed by atoms with Gasteiger partial charge in [0.25, 0.3) is 0 Å². The van der Waals surface area contributed by atoms with Gasteiger partial charge < -0.3 is 5.73 Å². The summed E-state index contributed by atoms with van der Waals surface area (Å²) in [7, 11) is 1.90. The van der Waals surface area contributed by atoms with Crippen LogP contribution < -0.4 is 5.73 Å². The minimum Gasteiger partial charge on any atom is -0.324 e. The van der Waals surface area contributed by atoms with E-state index in [1.807, 2.05) is 19.4 Å². The molecule has 0 aliphatic carbocycles. The van der Waals surface area contributed by atoms with E-state index in [4.69, 9.17) is 5.73 Å². The van der Waals surface area contributed by atoms with E-state index in [1.165, 1.54) is 0 Å². The molecule has 2 N–H and O–H groups in total. The zero-order valence-electron chi connectivity index (χ0n) is 7.12. The summed E-state index contributed by atoms with van der Waals surface area (Å²) in [5.41, 5.74) is 7.00. The predicted molar refractivity (Wildman–Crippen MR) is 45.0 cm³/mol. The Balaban J connectivity index is 2.60. The average molecular weight is 153 g/mol. The van der Waals surface area contributed by atoms with E-state index in [9.17, 15) is 0 Å². The smallest absolute Gasteiger partial charge is 0.0537 e. The lowest BCUT2D eigenvalue weighted by atomic mass is 10.1. The molecule has 0 radical (unpaired) electrons. The van der Waals surface area contributed by atoms with Crippen LogP contribution in [0.4, 0.5) is 0 Å². The molecule has 3 nitrogen and oxygen atoms in total. The molecule has 1 atom stereocenters. The van der Waals surface area contributed by atoms with Gasteiger partial charge in [0, 0.05) is 24.8 Å². The zero-order chi connectivity index (χ0) is 8.27. The Labute approximate surface area is 67.2 Å². The highest BCUT2D eigenvalue weighted by Crippen LogP contribution is 2.13. The van der Waals surface area contributed by atoms with E-state index in [0.717, 1.165) is 18.4 Å². The fourth-order valence-corrected chi connectivity index (χ4v) is 1.11. The molecule has 1 rings (SSSR count). The minimum absolute atomic E-state index is 0.161. The predicted octanol–water partition coefficient (Wildman–Crippen LogP) is 1.22. The fourth-order valence-electron chi connectivity index (χ4n) is 1.11. The van der Waals surface area contributed by atoms with E-state index < -0.39 is 0 Å². The molecule has 0 unspecified atom stereocenters. The van der Waals surface area contributed by atoms with E-state index in [1.54, 1.807) is 4.68 Å². The van der Waals surface area contributed by atoms with Crippen LogP contribution in [0.25, 0.3) is 0 Å². The van der Waals surface area contributed by atoms with Gasteiger partial charge in [0.2, 0.25) is 0 Å². The highest BCUT2D eigenvalue weighted by molar-refractivity contribution is 5.08. The summed E-state index contributed by atoms with van der Waals surface area (Å²) in [5.74, 6) is 0. The normalized spacial score (nSPS) is 13.4. The van der Waals surface area contributed by atoms with Gasteiger partial charge in [0.15, 0.2) is 0 Å². The van der Waals surface area contributed by atoms with Crippen molar-refractivity contribution in [3.63, 3.8) is 0 Å². The van der Waals surface area contributed by atoms with Gasteiger partial charge in [-0.25, -0.2) is 0 Å². The summed E-state index contributed by atoms with van der Waals surface area (Å²) < 4.78 is 1.78. The lowest BCUT2D eigenvalue weighted by Crippen LogP contribution is -2.08.